The third-order valence-corrected chi connectivity index (χ3v) is 8.83. The van der Waals surface area contributed by atoms with Crippen LogP contribution in [-0.4, -0.2) is 68.8 Å². The molecule has 0 aliphatic rings. The number of aliphatic hydroxyl groups is 2. The van der Waals surface area contributed by atoms with Crippen molar-refractivity contribution in [1.29, 1.82) is 0 Å². The van der Waals surface area contributed by atoms with Crippen molar-refractivity contribution < 1.29 is 27.0 Å². The summed E-state index contributed by atoms with van der Waals surface area (Å²) in [6.45, 7) is 2.95. The van der Waals surface area contributed by atoms with Crippen molar-refractivity contribution in [3.63, 3.8) is 0 Å². The van der Waals surface area contributed by atoms with Crippen LogP contribution in [0.1, 0.15) is 37.4 Å². The molecule has 0 spiro atoms. The van der Waals surface area contributed by atoms with Crippen LogP contribution in [0.3, 0.4) is 0 Å². The second-order valence-corrected chi connectivity index (χ2v) is 13.0. The number of nitrogens with zero attached hydrogens (tertiary/aromatic N) is 4. The quantitative estimate of drug-likeness (QED) is 0.400. The van der Waals surface area contributed by atoms with Gasteiger partial charge in [-0.25, -0.2) is 26.8 Å². The number of sulfone groups is 2. The van der Waals surface area contributed by atoms with E-state index in [1.165, 1.54) is 13.8 Å². The number of aliphatic hydroxyl groups excluding tert-OH is 2. The first-order chi connectivity index (χ1) is 15.8. The van der Waals surface area contributed by atoms with Crippen LogP contribution in [0.4, 0.5) is 0 Å². The fraction of sp³-hybridized carbons (Fsp3) is 0.364. The van der Waals surface area contributed by atoms with E-state index in [4.69, 9.17) is 0 Å². The highest BCUT2D eigenvalue weighted by atomic mass is 32.2. The average Bonchev–Trinajstić information content (AvgIpc) is 3.40. The Hall–Kier alpha value is -2.80. The van der Waals surface area contributed by atoms with Crippen molar-refractivity contribution in [2.24, 2.45) is 0 Å². The van der Waals surface area contributed by atoms with Gasteiger partial charge < -0.3 is 19.0 Å². The molecule has 0 aromatic carbocycles. The monoisotopic (exact) mass is 508 g/mol. The van der Waals surface area contributed by atoms with E-state index in [0.717, 1.165) is 12.5 Å². The Morgan fingerprint density at radius 2 is 1.06 bits per heavy atom. The van der Waals surface area contributed by atoms with E-state index in [-0.39, 0.29) is 0 Å². The van der Waals surface area contributed by atoms with E-state index in [0.29, 0.717) is 22.7 Å². The molecule has 0 saturated heterocycles. The topological polar surface area (TPSA) is 143 Å². The molecule has 2 N–H and O–H groups in total. The molecular weight excluding hydrogens is 480 g/mol. The molecule has 4 aromatic rings. The maximum atomic E-state index is 11.4. The molecule has 0 aliphatic heterocycles. The van der Waals surface area contributed by atoms with Gasteiger partial charge in [0.2, 0.25) is 0 Å². The molecule has 12 heteroatoms. The first kappa shape index (κ1) is 25.8. The van der Waals surface area contributed by atoms with Gasteiger partial charge in [-0.15, -0.1) is 0 Å². The summed E-state index contributed by atoms with van der Waals surface area (Å²) in [6, 6.07) is 10.9. The highest BCUT2D eigenvalue weighted by Gasteiger charge is 2.28. The second kappa shape index (κ2) is 9.82. The predicted molar refractivity (Wildman–Crippen MR) is 129 cm³/mol. The summed E-state index contributed by atoms with van der Waals surface area (Å²) < 4.78 is 49.0. The Bertz CT molecular complexity index is 1310. The lowest BCUT2D eigenvalue weighted by Crippen LogP contribution is -2.24. The maximum Gasteiger partial charge on any atom is 0.152 e. The van der Waals surface area contributed by atoms with E-state index in [1.54, 1.807) is 45.7 Å². The maximum absolute atomic E-state index is 11.4. The van der Waals surface area contributed by atoms with Gasteiger partial charge >= 0.3 is 0 Å². The van der Waals surface area contributed by atoms with Crippen LogP contribution >= 0.6 is 0 Å². The molecule has 4 aromatic heterocycles. The molecule has 0 unspecified atom stereocenters. The normalized spacial score (nSPS) is 15.9. The summed E-state index contributed by atoms with van der Waals surface area (Å²) >= 11 is 0. The summed E-state index contributed by atoms with van der Waals surface area (Å²) in [5, 5.41) is 18.2. The van der Waals surface area contributed by atoms with Gasteiger partial charge in [0.15, 0.2) is 19.7 Å². The first-order valence-corrected chi connectivity index (χ1v) is 14.3. The Balaban J connectivity index is 0.000000191. The molecule has 0 saturated carbocycles. The van der Waals surface area contributed by atoms with Crippen molar-refractivity contribution in [1.82, 2.24) is 18.8 Å². The molecule has 0 bridgehead atoms. The Morgan fingerprint density at radius 1 is 0.706 bits per heavy atom. The molecular formula is C22H28N4O6S2. The number of hydrogen-bond donors (Lipinski definition) is 2. The SMILES string of the molecule is C[C@@H]([C@H](O)c1cn2ccccc2n1)S(C)(=O)=O.C[C@H]([C@@H](O)c1cn2ccccc2n1)S(C)(=O)=O. The highest BCUT2D eigenvalue weighted by Crippen LogP contribution is 2.22. The molecule has 0 amide bonds. The van der Waals surface area contributed by atoms with Gasteiger partial charge in [0.25, 0.3) is 0 Å². The molecule has 184 valence electrons. The molecule has 34 heavy (non-hydrogen) atoms. The minimum atomic E-state index is -3.29. The number of imidazole rings is 2. The zero-order valence-corrected chi connectivity index (χ0v) is 20.8. The second-order valence-electron chi connectivity index (χ2n) is 8.22. The lowest BCUT2D eigenvalue weighted by Gasteiger charge is -2.14. The zero-order chi connectivity index (χ0) is 25.3. The van der Waals surface area contributed by atoms with Gasteiger partial charge in [0, 0.05) is 37.3 Å². The minimum Gasteiger partial charge on any atom is -0.385 e. The summed E-state index contributed by atoms with van der Waals surface area (Å²) in [6.07, 6.45) is 6.87. The van der Waals surface area contributed by atoms with Crippen LogP contribution < -0.4 is 0 Å². The van der Waals surface area contributed by atoms with Gasteiger partial charge in [-0.05, 0) is 38.1 Å². The summed E-state index contributed by atoms with van der Waals surface area (Å²) in [7, 11) is -6.57. The molecule has 4 heterocycles. The van der Waals surface area contributed by atoms with Gasteiger partial charge in [0.05, 0.1) is 21.9 Å². The molecule has 0 aliphatic carbocycles. The van der Waals surface area contributed by atoms with Crippen LogP contribution in [-0.2, 0) is 19.7 Å². The number of aromatic nitrogens is 4. The van der Waals surface area contributed by atoms with Gasteiger partial charge in [-0.2, -0.15) is 0 Å². The third-order valence-electron chi connectivity index (χ3n) is 5.61. The lowest BCUT2D eigenvalue weighted by atomic mass is 10.2. The lowest BCUT2D eigenvalue weighted by molar-refractivity contribution is 0.171. The summed E-state index contributed by atoms with van der Waals surface area (Å²) in [4.78, 5) is 8.39. The smallest absolute Gasteiger partial charge is 0.152 e. The average molecular weight is 509 g/mol. The van der Waals surface area contributed by atoms with Crippen LogP contribution in [0.2, 0.25) is 0 Å². The predicted octanol–water partition coefficient (Wildman–Crippen LogP) is 1.60. The van der Waals surface area contributed by atoms with Crippen LogP contribution in [0.15, 0.2) is 61.2 Å². The Morgan fingerprint density at radius 3 is 1.35 bits per heavy atom. The van der Waals surface area contributed by atoms with Crippen LogP contribution in [0.5, 0.6) is 0 Å². The van der Waals surface area contributed by atoms with E-state index < -0.39 is 42.4 Å². The largest absolute Gasteiger partial charge is 0.385 e. The fourth-order valence-corrected chi connectivity index (χ4v) is 4.36. The molecule has 10 nitrogen and oxygen atoms in total. The van der Waals surface area contributed by atoms with E-state index in [2.05, 4.69) is 9.97 Å². The number of fused-ring (bicyclic) bond motifs is 2. The zero-order valence-electron chi connectivity index (χ0n) is 19.2. The van der Waals surface area contributed by atoms with Gasteiger partial charge in [-0.3, -0.25) is 0 Å². The molecule has 4 rings (SSSR count). The van der Waals surface area contributed by atoms with Crippen LogP contribution in [0.25, 0.3) is 11.3 Å². The number of rotatable bonds is 6. The Labute approximate surface area is 198 Å². The molecule has 0 radical (unpaired) electrons. The van der Waals surface area contributed by atoms with E-state index in [1.807, 2.05) is 24.3 Å². The summed E-state index contributed by atoms with van der Waals surface area (Å²) in [5.74, 6) is 0. The van der Waals surface area contributed by atoms with Crippen molar-refractivity contribution in [2.75, 3.05) is 12.5 Å². The van der Waals surface area contributed by atoms with Crippen molar-refractivity contribution in [2.45, 2.75) is 36.6 Å². The number of hydrogen-bond acceptors (Lipinski definition) is 8. The first-order valence-electron chi connectivity index (χ1n) is 10.4. The molecule has 0 fully saturated rings. The van der Waals surface area contributed by atoms with Crippen LogP contribution in [0, 0.1) is 0 Å². The molecule has 4 atom stereocenters. The standard InChI is InChI=1S/2C11H14N2O3S/c2*1-8(17(2,15)16)11(14)9-7-13-6-4-3-5-10(13)12-9/h2*3-8,11,14H,1-2H3/t2*8-,11-/m10/s1. The van der Waals surface area contributed by atoms with E-state index in [9.17, 15) is 27.0 Å². The van der Waals surface area contributed by atoms with Crippen molar-refractivity contribution in [3.05, 3.63) is 72.6 Å². The minimum absolute atomic E-state index is 0.370. The Kier molecular flexibility index (Phi) is 7.46. The van der Waals surface area contributed by atoms with Crippen molar-refractivity contribution >= 4 is 31.0 Å². The van der Waals surface area contributed by atoms with E-state index >= 15 is 0 Å². The van der Waals surface area contributed by atoms with Gasteiger partial charge in [0.1, 0.15) is 23.5 Å². The third kappa shape index (κ3) is 5.81. The fourth-order valence-electron chi connectivity index (χ4n) is 3.14. The van der Waals surface area contributed by atoms with Gasteiger partial charge in [-0.1, -0.05) is 12.1 Å². The highest BCUT2D eigenvalue weighted by molar-refractivity contribution is 7.91. The van der Waals surface area contributed by atoms with Crippen molar-refractivity contribution in [3.8, 4) is 0 Å². The number of pyridine rings is 2. The summed E-state index contributed by atoms with van der Waals surface area (Å²) in [5.41, 5.74) is 2.10.